The van der Waals surface area contributed by atoms with Gasteiger partial charge in [0.2, 0.25) is 0 Å². The third-order valence-electron chi connectivity index (χ3n) is 6.68. The molecule has 1 aliphatic carbocycles. The molecule has 1 atom stereocenters. The lowest BCUT2D eigenvalue weighted by Gasteiger charge is -2.31. The summed E-state index contributed by atoms with van der Waals surface area (Å²) < 4.78 is 30.6. The van der Waals surface area contributed by atoms with Crippen LogP contribution in [-0.2, 0) is 0 Å². The van der Waals surface area contributed by atoms with Gasteiger partial charge in [-0.2, -0.15) is 0 Å². The van der Waals surface area contributed by atoms with E-state index in [2.05, 4.69) is 22.0 Å². The van der Waals surface area contributed by atoms with E-state index >= 15 is 0 Å². The molecule has 3 aromatic carbocycles. The molecule has 0 amide bonds. The van der Waals surface area contributed by atoms with E-state index in [-0.39, 0.29) is 23.2 Å². The summed E-state index contributed by atoms with van der Waals surface area (Å²) in [4.78, 5) is 19.4. The summed E-state index contributed by atoms with van der Waals surface area (Å²) in [6.45, 7) is 0. The second kappa shape index (κ2) is 9.80. The van der Waals surface area contributed by atoms with Crippen LogP contribution in [0.5, 0.6) is 0 Å². The molecule has 0 radical (unpaired) electrons. The quantitative estimate of drug-likeness (QED) is 0.274. The van der Waals surface area contributed by atoms with Crippen molar-refractivity contribution in [3.05, 3.63) is 142 Å². The van der Waals surface area contributed by atoms with Crippen molar-refractivity contribution in [1.82, 2.24) is 4.57 Å². The molecule has 0 unspecified atom stereocenters. The molecule has 0 spiro atoms. The minimum atomic E-state index is -0.367. The SMILES string of the molecule is O=c1/c(=C\c2cccc(Br)c2)sc2n1[C@@H](c1ccc(F)cc1)C1=C(N=2)/C(=C/c2ccc(F)cc2)CCC1. The number of fused-ring (bicyclic) bond motifs is 1. The third-order valence-corrected chi connectivity index (χ3v) is 8.15. The van der Waals surface area contributed by atoms with E-state index in [4.69, 9.17) is 4.99 Å². The number of nitrogens with zero attached hydrogens (tertiary/aromatic N) is 2. The Morgan fingerprint density at radius 3 is 2.38 bits per heavy atom. The molecular weight excluding hydrogens is 554 g/mol. The van der Waals surface area contributed by atoms with E-state index in [1.54, 1.807) is 28.8 Å². The number of halogens is 3. The first-order valence-corrected chi connectivity index (χ1v) is 13.6. The zero-order valence-electron chi connectivity index (χ0n) is 19.6. The molecule has 0 saturated heterocycles. The summed E-state index contributed by atoms with van der Waals surface area (Å²) in [7, 11) is 0. The van der Waals surface area contributed by atoms with Gasteiger partial charge in [0.05, 0.1) is 16.3 Å². The van der Waals surface area contributed by atoms with Gasteiger partial charge in [0, 0.05) is 4.47 Å². The van der Waals surface area contributed by atoms with Gasteiger partial charge in [0.15, 0.2) is 4.80 Å². The van der Waals surface area contributed by atoms with Gasteiger partial charge >= 0.3 is 0 Å². The normalized spacial score (nSPS) is 18.5. The number of thiazole rings is 1. The van der Waals surface area contributed by atoms with Gasteiger partial charge in [-0.25, -0.2) is 13.8 Å². The Morgan fingerprint density at radius 1 is 0.919 bits per heavy atom. The smallest absolute Gasteiger partial charge is 0.271 e. The first-order chi connectivity index (χ1) is 18.0. The summed E-state index contributed by atoms with van der Waals surface area (Å²) in [6, 6.07) is 20.2. The maximum atomic E-state index is 13.8. The van der Waals surface area contributed by atoms with Crippen molar-refractivity contribution in [3.8, 4) is 0 Å². The highest BCUT2D eigenvalue weighted by molar-refractivity contribution is 9.10. The predicted octanol–water partition coefficient (Wildman–Crippen LogP) is 6.52. The number of benzene rings is 3. The van der Waals surface area contributed by atoms with Gasteiger partial charge in [-0.15, -0.1) is 0 Å². The summed E-state index contributed by atoms with van der Waals surface area (Å²) >= 11 is 4.85. The maximum absolute atomic E-state index is 13.8. The van der Waals surface area contributed by atoms with E-state index in [9.17, 15) is 13.6 Å². The Bertz CT molecular complexity index is 1750. The molecular formula is C30H21BrF2N2OS. The van der Waals surface area contributed by atoms with Crippen LogP contribution in [0.2, 0.25) is 0 Å². The van der Waals surface area contributed by atoms with Crippen LogP contribution in [0.25, 0.3) is 12.2 Å². The summed E-state index contributed by atoms with van der Waals surface area (Å²) in [6.07, 6.45) is 6.46. The summed E-state index contributed by atoms with van der Waals surface area (Å²) in [5, 5.41) is 0. The van der Waals surface area contributed by atoms with Crippen LogP contribution in [0.1, 0.15) is 42.0 Å². The lowest BCUT2D eigenvalue weighted by atomic mass is 9.84. The Morgan fingerprint density at radius 2 is 1.65 bits per heavy atom. The Hall–Kier alpha value is -3.42. The lowest BCUT2D eigenvalue weighted by Crippen LogP contribution is -2.39. The van der Waals surface area contributed by atoms with Crippen LogP contribution in [0.3, 0.4) is 0 Å². The highest BCUT2D eigenvalue weighted by Gasteiger charge is 2.32. The number of hydrogen-bond acceptors (Lipinski definition) is 3. The molecule has 184 valence electrons. The van der Waals surface area contributed by atoms with Crippen molar-refractivity contribution in [2.24, 2.45) is 4.99 Å². The van der Waals surface area contributed by atoms with Crippen molar-refractivity contribution < 1.29 is 8.78 Å². The van der Waals surface area contributed by atoms with Gasteiger partial charge in [-0.1, -0.05) is 63.7 Å². The molecule has 4 aromatic rings. The topological polar surface area (TPSA) is 34.4 Å². The van der Waals surface area contributed by atoms with Crippen LogP contribution in [-0.4, -0.2) is 4.57 Å². The molecule has 0 N–H and O–H groups in total. The molecule has 0 saturated carbocycles. The summed E-state index contributed by atoms with van der Waals surface area (Å²) in [5.41, 5.74) is 5.54. The largest absolute Gasteiger partial charge is 0.272 e. The van der Waals surface area contributed by atoms with Gasteiger partial charge in [0.25, 0.3) is 5.56 Å². The van der Waals surface area contributed by atoms with E-state index in [1.165, 1.54) is 35.6 Å². The van der Waals surface area contributed by atoms with E-state index in [1.807, 2.05) is 30.3 Å². The maximum Gasteiger partial charge on any atom is 0.271 e. The second-order valence-corrected chi connectivity index (χ2v) is 11.1. The van der Waals surface area contributed by atoms with E-state index in [0.29, 0.717) is 9.33 Å². The standard InChI is InChI=1S/C30H21BrF2N2OS/c31-22-5-1-3-19(16-22)17-26-29(36)35-28(20-9-13-24(33)14-10-20)25-6-2-4-21(27(25)34-30(35)37-26)15-18-7-11-23(32)12-8-18/h1,3,5,7-17,28H,2,4,6H2/b21-15+,26-17+/t28-/m0/s1. The molecule has 7 heteroatoms. The second-order valence-electron chi connectivity index (χ2n) is 9.14. The van der Waals surface area contributed by atoms with Crippen molar-refractivity contribution in [3.63, 3.8) is 0 Å². The number of hydrogen-bond donors (Lipinski definition) is 0. The molecule has 3 nitrogen and oxygen atoms in total. The van der Waals surface area contributed by atoms with E-state index < -0.39 is 0 Å². The highest BCUT2D eigenvalue weighted by atomic mass is 79.9. The molecule has 6 rings (SSSR count). The molecule has 0 fully saturated rings. The average molecular weight is 575 g/mol. The Kier molecular flexibility index (Phi) is 6.34. The van der Waals surface area contributed by atoms with Crippen LogP contribution in [0.15, 0.2) is 104 Å². The van der Waals surface area contributed by atoms with Gasteiger partial charge in [-0.3, -0.25) is 9.36 Å². The monoisotopic (exact) mass is 574 g/mol. The third kappa shape index (κ3) is 4.69. The van der Waals surface area contributed by atoms with Crippen LogP contribution in [0, 0.1) is 11.6 Å². The van der Waals surface area contributed by atoms with Crippen LogP contribution < -0.4 is 14.9 Å². The lowest BCUT2D eigenvalue weighted by molar-refractivity contribution is 0.551. The Labute approximate surface area is 224 Å². The van der Waals surface area contributed by atoms with Gasteiger partial charge in [0.1, 0.15) is 11.6 Å². The fourth-order valence-electron chi connectivity index (χ4n) is 5.01. The number of allylic oxidation sites excluding steroid dienone is 2. The predicted molar refractivity (Wildman–Crippen MR) is 147 cm³/mol. The Balaban J connectivity index is 1.57. The van der Waals surface area contributed by atoms with Crippen LogP contribution >= 0.6 is 27.3 Å². The summed E-state index contributed by atoms with van der Waals surface area (Å²) in [5.74, 6) is -0.596. The van der Waals surface area contributed by atoms with E-state index in [0.717, 1.165) is 57.3 Å². The first-order valence-electron chi connectivity index (χ1n) is 12.0. The molecule has 2 heterocycles. The fraction of sp³-hybridized carbons (Fsp3) is 0.133. The van der Waals surface area contributed by atoms with Crippen LogP contribution in [0.4, 0.5) is 8.78 Å². The molecule has 1 aromatic heterocycles. The minimum Gasteiger partial charge on any atom is -0.272 e. The van der Waals surface area contributed by atoms with Crippen molar-refractivity contribution >= 4 is 39.4 Å². The molecule has 37 heavy (non-hydrogen) atoms. The average Bonchev–Trinajstić information content (AvgIpc) is 3.19. The zero-order chi connectivity index (χ0) is 25.5. The number of aromatic nitrogens is 1. The van der Waals surface area contributed by atoms with Gasteiger partial charge in [-0.05, 0) is 95.6 Å². The number of rotatable bonds is 3. The molecule has 1 aliphatic heterocycles. The first kappa shape index (κ1) is 23.9. The fourth-order valence-corrected chi connectivity index (χ4v) is 6.43. The highest BCUT2D eigenvalue weighted by Crippen LogP contribution is 2.41. The van der Waals surface area contributed by atoms with Crippen molar-refractivity contribution in [2.45, 2.75) is 25.3 Å². The van der Waals surface area contributed by atoms with Gasteiger partial charge < -0.3 is 0 Å². The molecule has 2 aliphatic rings. The molecule has 0 bridgehead atoms. The minimum absolute atomic E-state index is 0.112. The van der Waals surface area contributed by atoms with Crippen molar-refractivity contribution in [1.29, 1.82) is 0 Å². The van der Waals surface area contributed by atoms with Crippen molar-refractivity contribution in [2.75, 3.05) is 0 Å². The zero-order valence-corrected chi connectivity index (χ0v) is 22.0.